The van der Waals surface area contributed by atoms with Crippen LogP contribution in [0.3, 0.4) is 0 Å². The molecule has 0 radical (unpaired) electrons. The first-order chi connectivity index (χ1) is 8.43. The van der Waals surface area contributed by atoms with Gasteiger partial charge in [-0.2, -0.15) is 10.1 Å². The largest absolute Gasteiger partial charge is 0.464 e. The molecule has 1 atom stereocenters. The van der Waals surface area contributed by atoms with E-state index in [-0.39, 0.29) is 6.10 Å². The van der Waals surface area contributed by atoms with Gasteiger partial charge in [0.2, 0.25) is 0 Å². The number of fused-ring (bicyclic) bond motifs is 1. The summed E-state index contributed by atoms with van der Waals surface area (Å²) in [6, 6.07) is 0.651. The van der Waals surface area contributed by atoms with Gasteiger partial charge in [0.15, 0.2) is 5.82 Å². The van der Waals surface area contributed by atoms with Crippen LogP contribution in [0, 0.1) is 0 Å². The van der Waals surface area contributed by atoms with Crippen molar-refractivity contribution in [1.29, 1.82) is 0 Å². The minimum Gasteiger partial charge on any atom is -0.464 e. The van der Waals surface area contributed by atoms with E-state index in [1.807, 2.05) is 4.68 Å². The van der Waals surface area contributed by atoms with Crippen molar-refractivity contribution in [2.24, 2.45) is 0 Å². The zero-order valence-corrected chi connectivity index (χ0v) is 9.89. The molecule has 0 aliphatic carbocycles. The highest BCUT2D eigenvalue weighted by molar-refractivity contribution is 5.02. The molecular weight excluding hydrogens is 220 g/mol. The minimum absolute atomic E-state index is 0.00743. The standard InChI is InChI=1S/C11H18N4O2/c1-2-7-17-11-13-10(14-15(11)6-1)9-3-4-12-5-8-16-9/h9,12H,1-8H2. The molecule has 2 aliphatic rings. The molecule has 17 heavy (non-hydrogen) atoms. The van der Waals surface area contributed by atoms with E-state index in [0.29, 0.717) is 6.01 Å². The third kappa shape index (κ3) is 2.42. The van der Waals surface area contributed by atoms with Gasteiger partial charge in [0.05, 0.1) is 13.2 Å². The van der Waals surface area contributed by atoms with Crippen molar-refractivity contribution in [3.63, 3.8) is 0 Å². The first kappa shape index (κ1) is 11.0. The van der Waals surface area contributed by atoms with Crippen molar-refractivity contribution in [3.05, 3.63) is 5.82 Å². The number of ether oxygens (including phenoxy) is 2. The summed E-state index contributed by atoms with van der Waals surface area (Å²) >= 11 is 0. The third-order valence-electron chi connectivity index (χ3n) is 3.12. The van der Waals surface area contributed by atoms with Crippen LogP contribution in [0.25, 0.3) is 0 Å². The summed E-state index contributed by atoms with van der Waals surface area (Å²) in [5.74, 6) is 0.769. The maximum atomic E-state index is 5.74. The number of rotatable bonds is 1. The van der Waals surface area contributed by atoms with Gasteiger partial charge in [-0.05, 0) is 25.8 Å². The Morgan fingerprint density at radius 3 is 3.24 bits per heavy atom. The van der Waals surface area contributed by atoms with E-state index in [1.165, 1.54) is 0 Å². The molecule has 1 saturated heterocycles. The van der Waals surface area contributed by atoms with Crippen LogP contribution in [0.4, 0.5) is 0 Å². The Bertz CT molecular complexity index is 348. The van der Waals surface area contributed by atoms with E-state index < -0.39 is 0 Å². The first-order valence-corrected chi connectivity index (χ1v) is 6.33. The van der Waals surface area contributed by atoms with Crippen LogP contribution in [-0.2, 0) is 11.3 Å². The zero-order chi connectivity index (χ0) is 11.5. The Morgan fingerprint density at radius 2 is 2.24 bits per heavy atom. The molecule has 0 spiro atoms. The highest BCUT2D eigenvalue weighted by Gasteiger charge is 2.22. The van der Waals surface area contributed by atoms with E-state index in [2.05, 4.69) is 15.4 Å². The third-order valence-corrected chi connectivity index (χ3v) is 3.12. The van der Waals surface area contributed by atoms with Gasteiger partial charge in [-0.25, -0.2) is 4.68 Å². The van der Waals surface area contributed by atoms with Gasteiger partial charge in [-0.1, -0.05) is 0 Å². The quantitative estimate of drug-likeness (QED) is 0.772. The van der Waals surface area contributed by atoms with Crippen LogP contribution in [-0.4, -0.2) is 41.1 Å². The van der Waals surface area contributed by atoms with Crippen molar-refractivity contribution >= 4 is 0 Å². The number of aromatic nitrogens is 3. The Balaban J connectivity index is 1.78. The van der Waals surface area contributed by atoms with Crippen LogP contribution in [0.15, 0.2) is 0 Å². The van der Waals surface area contributed by atoms with Crippen LogP contribution in [0.2, 0.25) is 0 Å². The van der Waals surface area contributed by atoms with Gasteiger partial charge in [-0.15, -0.1) is 0 Å². The highest BCUT2D eigenvalue weighted by Crippen LogP contribution is 2.23. The van der Waals surface area contributed by atoms with Crippen LogP contribution in [0.5, 0.6) is 6.01 Å². The molecule has 2 aliphatic heterocycles. The smallest absolute Gasteiger partial charge is 0.315 e. The van der Waals surface area contributed by atoms with E-state index >= 15 is 0 Å². The highest BCUT2D eigenvalue weighted by atomic mass is 16.5. The number of nitrogens with zero attached hydrogens (tertiary/aromatic N) is 3. The fraction of sp³-hybridized carbons (Fsp3) is 0.818. The van der Waals surface area contributed by atoms with Gasteiger partial charge in [0.25, 0.3) is 0 Å². The number of hydrogen-bond donors (Lipinski definition) is 1. The Kier molecular flexibility index (Phi) is 3.24. The molecule has 1 unspecified atom stereocenters. The zero-order valence-electron chi connectivity index (χ0n) is 9.89. The van der Waals surface area contributed by atoms with Crippen molar-refractivity contribution in [3.8, 4) is 6.01 Å². The van der Waals surface area contributed by atoms with E-state index in [1.54, 1.807) is 0 Å². The van der Waals surface area contributed by atoms with Crippen LogP contribution < -0.4 is 10.1 Å². The molecule has 0 aromatic carbocycles. The van der Waals surface area contributed by atoms with E-state index in [9.17, 15) is 0 Å². The lowest BCUT2D eigenvalue weighted by Gasteiger charge is -2.09. The Labute approximate surface area is 100 Å². The monoisotopic (exact) mass is 238 g/mol. The van der Waals surface area contributed by atoms with Gasteiger partial charge >= 0.3 is 6.01 Å². The second kappa shape index (κ2) is 5.01. The maximum Gasteiger partial charge on any atom is 0.315 e. The fourth-order valence-electron chi connectivity index (χ4n) is 2.18. The van der Waals surface area contributed by atoms with Gasteiger partial charge in [0, 0.05) is 13.1 Å². The summed E-state index contributed by atoms with van der Waals surface area (Å²) < 4.78 is 13.2. The second-order valence-corrected chi connectivity index (χ2v) is 4.43. The lowest BCUT2D eigenvalue weighted by Crippen LogP contribution is -2.16. The van der Waals surface area contributed by atoms with E-state index in [4.69, 9.17) is 9.47 Å². The molecule has 0 amide bonds. The summed E-state index contributed by atoms with van der Waals surface area (Å²) in [5, 5.41) is 7.80. The molecule has 1 N–H and O–H groups in total. The van der Waals surface area contributed by atoms with Crippen LogP contribution >= 0.6 is 0 Å². The summed E-state index contributed by atoms with van der Waals surface area (Å²) in [4.78, 5) is 4.45. The molecule has 3 rings (SSSR count). The van der Waals surface area contributed by atoms with Crippen molar-refractivity contribution < 1.29 is 9.47 Å². The molecule has 0 saturated carbocycles. The number of nitrogens with one attached hydrogen (secondary N) is 1. The lowest BCUT2D eigenvalue weighted by atomic mass is 10.2. The first-order valence-electron chi connectivity index (χ1n) is 6.33. The number of aryl methyl sites for hydroxylation is 1. The molecule has 94 valence electrons. The molecule has 1 aromatic heterocycles. The normalized spacial score (nSPS) is 25.5. The molecule has 6 heteroatoms. The van der Waals surface area contributed by atoms with Gasteiger partial charge in [-0.3, -0.25) is 0 Å². The summed E-state index contributed by atoms with van der Waals surface area (Å²) in [7, 11) is 0. The minimum atomic E-state index is 0.00743. The van der Waals surface area contributed by atoms with Crippen molar-refractivity contribution in [2.45, 2.75) is 31.9 Å². The lowest BCUT2D eigenvalue weighted by molar-refractivity contribution is 0.0578. The van der Waals surface area contributed by atoms with Gasteiger partial charge < -0.3 is 14.8 Å². The van der Waals surface area contributed by atoms with Crippen molar-refractivity contribution in [1.82, 2.24) is 20.1 Å². The fourth-order valence-corrected chi connectivity index (χ4v) is 2.18. The van der Waals surface area contributed by atoms with Gasteiger partial charge in [0.1, 0.15) is 6.10 Å². The Morgan fingerprint density at radius 1 is 1.24 bits per heavy atom. The predicted molar refractivity (Wildman–Crippen MR) is 60.9 cm³/mol. The maximum absolute atomic E-state index is 5.74. The summed E-state index contributed by atoms with van der Waals surface area (Å²) in [5.41, 5.74) is 0. The van der Waals surface area contributed by atoms with Crippen molar-refractivity contribution in [2.75, 3.05) is 26.3 Å². The molecule has 6 nitrogen and oxygen atoms in total. The molecule has 1 aromatic rings. The van der Waals surface area contributed by atoms with E-state index in [0.717, 1.165) is 57.9 Å². The summed E-state index contributed by atoms with van der Waals surface area (Å²) in [6.07, 6.45) is 3.10. The van der Waals surface area contributed by atoms with Crippen LogP contribution in [0.1, 0.15) is 31.2 Å². The second-order valence-electron chi connectivity index (χ2n) is 4.43. The molecule has 1 fully saturated rings. The topological polar surface area (TPSA) is 61.2 Å². The molecular formula is C11H18N4O2. The molecule has 3 heterocycles. The average molecular weight is 238 g/mol. The number of hydrogen-bond acceptors (Lipinski definition) is 5. The Hall–Kier alpha value is -1.14. The summed E-state index contributed by atoms with van der Waals surface area (Å²) in [6.45, 7) is 4.21. The average Bonchev–Trinajstić information content (AvgIpc) is 2.58. The predicted octanol–water partition coefficient (Wildman–Crippen LogP) is 0.502. The molecule has 0 bridgehead atoms. The SMILES string of the molecule is C1CCn2nc(C3CCNCCO3)nc2OC1.